The molecule has 53 heavy (non-hydrogen) atoms. The molecule has 0 bridgehead atoms. The minimum Gasteiger partial charge on any atom is -0.355 e. The van der Waals surface area contributed by atoms with E-state index in [2.05, 4.69) is 186 Å². The minimum atomic E-state index is -0.785. The van der Waals surface area contributed by atoms with Crippen LogP contribution in [0.15, 0.2) is 188 Å². The molecule has 1 spiro atoms. The van der Waals surface area contributed by atoms with Crippen molar-refractivity contribution in [3.05, 3.63) is 220 Å². The summed E-state index contributed by atoms with van der Waals surface area (Å²) in [6.07, 6.45) is 0. The molecule has 2 heterocycles. The average molecular weight is 720 g/mol. The van der Waals surface area contributed by atoms with Crippen LogP contribution in [-0.4, -0.2) is 0 Å². The molecule has 10 rings (SSSR count). The van der Waals surface area contributed by atoms with Gasteiger partial charge in [-0.1, -0.05) is 138 Å². The summed E-state index contributed by atoms with van der Waals surface area (Å²) < 4.78 is 0. The van der Waals surface area contributed by atoms with Crippen LogP contribution in [0.5, 0.6) is 0 Å². The van der Waals surface area contributed by atoms with E-state index in [9.17, 15) is 0 Å². The predicted octanol–water partition coefficient (Wildman–Crippen LogP) is 14.2. The lowest BCUT2D eigenvalue weighted by Crippen LogP contribution is -2.40. The highest BCUT2D eigenvalue weighted by Gasteiger charge is 2.51. The quantitative estimate of drug-likeness (QED) is 0.195. The van der Waals surface area contributed by atoms with Crippen LogP contribution in [0.1, 0.15) is 22.3 Å². The van der Waals surface area contributed by atoms with Crippen LogP contribution in [0.4, 0.5) is 28.4 Å². The molecule has 0 saturated heterocycles. The number of nitrogens with zero attached hydrogens (tertiary/aromatic N) is 1. The summed E-state index contributed by atoms with van der Waals surface area (Å²) in [7, 11) is 0. The first-order chi connectivity index (χ1) is 26.1. The summed E-state index contributed by atoms with van der Waals surface area (Å²) in [5.74, 6) is 0. The van der Waals surface area contributed by atoms with E-state index in [0.717, 1.165) is 72.9 Å². The molecule has 0 radical (unpaired) electrons. The SMILES string of the molecule is Clc1ccc2c(c1)C1(c3cc(Cl)ccc3N2)c2cc(-c3ccccc3)ccc2N(c2ccc(-c3ccccc3)cc2)c2ccc(-c3ccccc3)cc21. The van der Waals surface area contributed by atoms with Crippen molar-refractivity contribution in [1.82, 2.24) is 0 Å². The third kappa shape index (κ3) is 5.10. The first-order valence-corrected chi connectivity index (χ1v) is 18.6. The molecule has 0 aromatic heterocycles. The predicted molar refractivity (Wildman–Crippen MR) is 223 cm³/mol. The van der Waals surface area contributed by atoms with Crippen LogP contribution in [0, 0.1) is 0 Å². The normalized spacial score (nSPS) is 13.4. The van der Waals surface area contributed by atoms with Gasteiger partial charge < -0.3 is 10.2 Å². The summed E-state index contributed by atoms with van der Waals surface area (Å²) in [6, 6.07) is 66.9. The summed E-state index contributed by atoms with van der Waals surface area (Å²) in [4.78, 5) is 2.42. The molecule has 0 atom stereocenters. The van der Waals surface area contributed by atoms with Gasteiger partial charge in [-0.3, -0.25) is 0 Å². The standard InChI is InChI=1S/C49H32Cl2N2/c50-38-20-24-45-41(30-38)49(42-31-39(51)21-25-46(42)52-45)43-28-36(33-12-6-2-7-13-33)18-26-47(43)53(40-22-16-35(17-23-40)32-10-4-1-5-11-32)48-27-19-37(29-44(48)49)34-14-8-3-9-15-34/h1-31,52H. The highest BCUT2D eigenvalue weighted by Crippen LogP contribution is 2.63. The van der Waals surface area contributed by atoms with Crippen molar-refractivity contribution < 1.29 is 0 Å². The molecular formula is C49H32Cl2N2. The van der Waals surface area contributed by atoms with Crippen LogP contribution in [0.2, 0.25) is 10.0 Å². The lowest BCUT2D eigenvalue weighted by molar-refractivity contribution is 0.728. The second-order valence-corrected chi connectivity index (χ2v) is 14.6. The van der Waals surface area contributed by atoms with E-state index in [-0.39, 0.29) is 0 Å². The Balaban J connectivity index is 1.33. The number of fused-ring (bicyclic) bond motifs is 8. The Morgan fingerprint density at radius 1 is 0.358 bits per heavy atom. The van der Waals surface area contributed by atoms with E-state index in [1.165, 1.54) is 11.1 Å². The smallest absolute Gasteiger partial charge is 0.0784 e. The van der Waals surface area contributed by atoms with Gasteiger partial charge in [-0.25, -0.2) is 0 Å². The molecule has 2 aliphatic heterocycles. The number of hydrogen-bond acceptors (Lipinski definition) is 2. The Morgan fingerprint density at radius 3 is 1.21 bits per heavy atom. The largest absolute Gasteiger partial charge is 0.355 e. The van der Waals surface area contributed by atoms with E-state index in [0.29, 0.717) is 10.0 Å². The van der Waals surface area contributed by atoms with Gasteiger partial charge in [0.1, 0.15) is 0 Å². The third-order valence-corrected chi connectivity index (χ3v) is 11.2. The average Bonchev–Trinajstić information content (AvgIpc) is 3.22. The molecule has 0 amide bonds. The molecule has 2 aliphatic rings. The van der Waals surface area contributed by atoms with Crippen LogP contribution in [0.25, 0.3) is 33.4 Å². The van der Waals surface area contributed by atoms with Crippen LogP contribution in [-0.2, 0) is 5.41 Å². The van der Waals surface area contributed by atoms with Gasteiger partial charge in [-0.15, -0.1) is 0 Å². The maximum atomic E-state index is 6.97. The molecule has 8 aromatic rings. The lowest BCUT2D eigenvalue weighted by atomic mass is 9.60. The zero-order valence-electron chi connectivity index (χ0n) is 28.6. The molecular weight excluding hydrogens is 687 g/mol. The van der Waals surface area contributed by atoms with E-state index in [1.807, 2.05) is 12.1 Å². The minimum absolute atomic E-state index is 0.677. The zero-order chi connectivity index (χ0) is 35.5. The Hall–Kier alpha value is -6.06. The number of anilines is 5. The van der Waals surface area contributed by atoms with E-state index in [1.54, 1.807) is 0 Å². The molecule has 0 saturated carbocycles. The fraction of sp³-hybridized carbons (Fsp3) is 0.0204. The van der Waals surface area contributed by atoms with Crippen molar-refractivity contribution in [3.8, 4) is 33.4 Å². The van der Waals surface area contributed by atoms with Crippen molar-refractivity contribution in [2.24, 2.45) is 0 Å². The van der Waals surface area contributed by atoms with Gasteiger partial charge in [0.15, 0.2) is 0 Å². The van der Waals surface area contributed by atoms with Gasteiger partial charge in [-0.2, -0.15) is 0 Å². The van der Waals surface area contributed by atoms with Crippen molar-refractivity contribution in [3.63, 3.8) is 0 Å². The zero-order valence-corrected chi connectivity index (χ0v) is 30.1. The molecule has 8 aromatic carbocycles. The van der Waals surface area contributed by atoms with Crippen molar-refractivity contribution in [2.45, 2.75) is 5.41 Å². The van der Waals surface area contributed by atoms with Crippen LogP contribution in [0.3, 0.4) is 0 Å². The highest BCUT2D eigenvalue weighted by molar-refractivity contribution is 6.31. The van der Waals surface area contributed by atoms with Gasteiger partial charge in [0.2, 0.25) is 0 Å². The number of halogens is 2. The lowest BCUT2D eigenvalue weighted by Gasteiger charge is -2.49. The summed E-state index contributed by atoms with van der Waals surface area (Å²) in [6.45, 7) is 0. The number of hydrogen-bond donors (Lipinski definition) is 1. The van der Waals surface area contributed by atoms with Gasteiger partial charge in [-0.05, 0) is 128 Å². The van der Waals surface area contributed by atoms with Crippen molar-refractivity contribution in [2.75, 3.05) is 10.2 Å². The second kappa shape index (κ2) is 12.6. The fourth-order valence-electron chi connectivity index (χ4n) is 8.41. The van der Waals surface area contributed by atoms with Crippen LogP contribution < -0.4 is 10.2 Å². The molecule has 0 aliphatic carbocycles. The number of rotatable bonds is 4. The first kappa shape index (κ1) is 31.7. The number of benzene rings is 8. The van der Waals surface area contributed by atoms with Gasteiger partial charge in [0.05, 0.1) is 16.8 Å². The summed E-state index contributed by atoms with van der Waals surface area (Å²) in [5, 5.41) is 5.11. The van der Waals surface area contributed by atoms with Gasteiger partial charge in [0.25, 0.3) is 0 Å². The fourth-order valence-corrected chi connectivity index (χ4v) is 8.76. The van der Waals surface area contributed by atoms with E-state index >= 15 is 0 Å². The highest BCUT2D eigenvalue weighted by atomic mass is 35.5. The first-order valence-electron chi connectivity index (χ1n) is 17.8. The van der Waals surface area contributed by atoms with Crippen LogP contribution >= 0.6 is 23.2 Å². The second-order valence-electron chi connectivity index (χ2n) is 13.7. The van der Waals surface area contributed by atoms with E-state index < -0.39 is 5.41 Å². The maximum Gasteiger partial charge on any atom is 0.0784 e. The summed E-state index contributed by atoms with van der Waals surface area (Å²) >= 11 is 13.9. The number of nitrogens with one attached hydrogen (secondary N) is 1. The Bertz CT molecular complexity index is 2510. The third-order valence-electron chi connectivity index (χ3n) is 10.8. The Kier molecular flexibility index (Phi) is 7.50. The van der Waals surface area contributed by atoms with Crippen molar-refractivity contribution in [1.29, 1.82) is 0 Å². The molecule has 2 nitrogen and oxygen atoms in total. The molecule has 1 N–H and O–H groups in total. The summed E-state index contributed by atoms with van der Waals surface area (Å²) in [5.41, 5.74) is 15.9. The van der Waals surface area contributed by atoms with Crippen molar-refractivity contribution >= 4 is 51.6 Å². The van der Waals surface area contributed by atoms with E-state index in [4.69, 9.17) is 23.2 Å². The van der Waals surface area contributed by atoms with Gasteiger partial charge in [0, 0.05) is 27.1 Å². The molecule has 0 unspecified atom stereocenters. The van der Waals surface area contributed by atoms with Gasteiger partial charge >= 0.3 is 0 Å². The molecule has 252 valence electrons. The maximum absolute atomic E-state index is 6.97. The Morgan fingerprint density at radius 2 is 0.755 bits per heavy atom. The molecule has 4 heteroatoms. The topological polar surface area (TPSA) is 15.3 Å². The monoisotopic (exact) mass is 718 g/mol. The molecule has 0 fully saturated rings. The Labute approximate surface area is 319 Å².